The van der Waals surface area contributed by atoms with Crippen LogP contribution >= 0.6 is 11.3 Å². The zero-order valence-corrected chi connectivity index (χ0v) is 11.8. The summed E-state index contributed by atoms with van der Waals surface area (Å²) >= 11 is 1.70. The van der Waals surface area contributed by atoms with Crippen molar-refractivity contribution in [2.75, 3.05) is 11.9 Å². The van der Waals surface area contributed by atoms with Crippen LogP contribution in [0.3, 0.4) is 0 Å². The Bertz CT molecular complexity index is 480. The summed E-state index contributed by atoms with van der Waals surface area (Å²) in [4.78, 5) is 9.18. The molecule has 0 aliphatic rings. The smallest absolute Gasteiger partial charge is 0.131 e. The molecule has 0 aliphatic carbocycles. The van der Waals surface area contributed by atoms with Gasteiger partial charge in [0, 0.05) is 30.0 Å². The van der Waals surface area contributed by atoms with Crippen molar-refractivity contribution in [2.45, 2.75) is 33.1 Å². The normalized spacial score (nSPS) is 10.6. The van der Waals surface area contributed by atoms with Crippen LogP contribution in [-0.4, -0.2) is 16.5 Å². The van der Waals surface area contributed by atoms with E-state index in [-0.39, 0.29) is 0 Å². The summed E-state index contributed by atoms with van der Waals surface area (Å²) in [5.74, 6) is 1.87. The van der Waals surface area contributed by atoms with Crippen molar-refractivity contribution >= 4 is 17.2 Å². The average molecular weight is 261 g/mol. The van der Waals surface area contributed by atoms with E-state index < -0.39 is 0 Å². The lowest BCUT2D eigenvalue weighted by molar-refractivity contribution is 0.834. The molecule has 18 heavy (non-hydrogen) atoms. The van der Waals surface area contributed by atoms with Gasteiger partial charge in [-0.15, -0.1) is 0 Å². The van der Waals surface area contributed by atoms with Gasteiger partial charge in [0.15, 0.2) is 0 Å². The molecule has 0 aliphatic heterocycles. The summed E-state index contributed by atoms with van der Waals surface area (Å²) in [6.07, 6.45) is 3.10. The maximum absolute atomic E-state index is 4.63. The van der Waals surface area contributed by atoms with E-state index in [9.17, 15) is 0 Å². The van der Waals surface area contributed by atoms with E-state index in [0.717, 1.165) is 43.1 Å². The molecule has 0 bridgehead atoms. The molecular weight excluding hydrogens is 242 g/mol. The van der Waals surface area contributed by atoms with Gasteiger partial charge in [-0.2, -0.15) is 11.3 Å². The van der Waals surface area contributed by atoms with Crippen molar-refractivity contribution in [3.05, 3.63) is 28.7 Å². The molecule has 0 aromatic carbocycles. The van der Waals surface area contributed by atoms with E-state index in [2.05, 4.69) is 46.0 Å². The Kier molecular flexibility index (Phi) is 4.70. The molecule has 0 saturated carbocycles. The topological polar surface area (TPSA) is 37.8 Å². The molecule has 2 heterocycles. The van der Waals surface area contributed by atoms with E-state index >= 15 is 0 Å². The maximum atomic E-state index is 4.63. The molecule has 2 aromatic heterocycles. The molecule has 0 saturated heterocycles. The minimum Gasteiger partial charge on any atom is -0.370 e. The number of nitrogens with one attached hydrogen (secondary N) is 1. The number of hydrogen-bond donors (Lipinski definition) is 1. The monoisotopic (exact) mass is 261 g/mol. The highest BCUT2D eigenvalue weighted by Crippen LogP contribution is 2.22. The van der Waals surface area contributed by atoms with Crippen LogP contribution in [-0.2, 0) is 6.42 Å². The van der Waals surface area contributed by atoms with E-state index in [1.165, 1.54) is 5.56 Å². The van der Waals surface area contributed by atoms with Gasteiger partial charge in [0.25, 0.3) is 0 Å². The fraction of sp³-hybridized carbons (Fsp3) is 0.429. The van der Waals surface area contributed by atoms with E-state index in [4.69, 9.17) is 0 Å². The summed E-state index contributed by atoms with van der Waals surface area (Å²) in [5, 5.41) is 7.55. The molecule has 96 valence electrons. The Balaban J connectivity index is 2.30. The highest BCUT2D eigenvalue weighted by Gasteiger charge is 2.06. The van der Waals surface area contributed by atoms with Crippen molar-refractivity contribution < 1.29 is 0 Å². The third-order valence-electron chi connectivity index (χ3n) is 2.62. The standard InChI is InChI=1S/C14H19N3S/c1-3-5-13-16-12(11-6-8-18-10-11)9-14(17-13)15-7-4-2/h6,8-10H,3-5,7H2,1-2H3,(H,15,16,17). The second kappa shape index (κ2) is 6.50. The first kappa shape index (κ1) is 13.0. The largest absolute Gasteiger partial charge is 0.370 e. The Labute approximate surface area is 112 Å². The first-order chi connectivity index (χ1) is 8.83. The van der Waals surface area contributed by atoms with Crippen LogP contribution < -0.4 is 5.32 Å². The lowest BCUT2D eigenvalue weighted by Crippen LogP contribution is -2.06. The molecule has 0 unspecified atom stereocenters. The highest BCUT2D eigenvalue weighted by atomic mass is 32.1. The van der Waals surface area contributed by atoms with Crippen molar-refractivity contribution in [1.29, 1.82) is 0 Å². The highest BCUT2D eigenvalue weighted by molar-refractivity contribution is 7.08. The van der Waals surface area contributed by atoms with Crippen LogP contribution in [0.1, 0.15) is 32.5 Å². The Morgan fingerprint density at radius 2 is 2.11 bits per heavy atom. The first-order valence-corrected chi connectivity index (χ1v) is 7.42. The van der Waals surface area contributed by atoms with Gasteiger partial charge >= 0.3 is 0 Å². The van der Waals surface area contributed by atoms with E-state index in [1.807, 2.05) is 6.07 Å². The van der Waals surface area contributed by atoms with Crippen molar-refractivity contribution in [2.24, 2.45) is 0 Å². The molecule has 0 atom stereocenters. The van der Waals surface area contributed by atoms with Gasteiger partial charge in [0.1, 0.15) is 11.6 Å². The van der Waals surface area contributed by atoms with Gasteiger partial charge in [0.2, 0.25) is 0 Å². The number of aryl methyl sites for hydroxylation is 1. The van der Waals surface area contributed by atoms with Crippen molar-refractivity contribution in [3.63, 3.8) is 0 Å². The van der Waals surface area contributed by atoms with Crippen molar-refractivity contribution in [3.8, 4) is 11.3 Å². The number of anilines is 1. The maximum Gasteiger partial charge on any atom is 0.131 e. The minimum atomic E-state index is 0.929. The predicted molar refractivity (Wildman–Crippen MR) is 78.1 cm³/mol. The van der Waals surface area contributed by atoms with Crippen LogP contribution in [0.15, 0.2) is 22.9 Å². The number of hydrogen-bond acceptors (Lipinski definition) is 4. The fourth-order valence-corrected chi connectivity index (χ4v) is 2.38. The number of aromatic nitrogens is 2. The lowest BCUT2D eigenvalue weighted by atomic mass is 10.2. The Morgan fingerprint density at radius 1 is 1.22 bits per heavy atom. The molecule has 2 rings (SSSR count). The summed E-state index contributed by atoms with van der Waals surface area (Å²) in [6, 6.07) is 4.14. The van der Waals surface area contributed by atoms with Gasteiger partial charge < -0.3 is 5.32 Å². The van der Waals surface area contributed by atoms with Gasteiger partial charge in [-0.3, -0.25) is 0 Å². The average Bonchev–Trinajstić information content (AvgIpc) is 2.90. The van der Waals surface area contributed by atoms with Crippen LogP contribution in [0.2, 0.25) is 0 Å². The fourth-order valence-electron chi connectivity index (χ4n) is 1.73. The number of rotatable bonds is 6. The molecule has 0 fully saturated rings. The number of thiophene rings is 1. The number of nitrogens with zero attached hydrogens (tertiary/aromatic N) is 2. The summed E-state index contributed by atoms with van der Waals surface area (Å²) in [5.41, 5.74) is 2.20. The zero-order valence-electron chi connectivity index (χ0n) is 10.9. The van der Waals surface area contributed by atoms with Crippen molar-refractivity contribution in [1.82, 2.24) is 9.97 Å². The van der Waals surface area contributed by atoms with Gasteiger partial charge in [-0.1, -0.05) is 13.8 Å². The van der Waals surface area contributed by atoms with Crippen LogP contribution in [0.25, 0.3) is 11.3 Å². The molecule has 4 heteroatoms. The molecule has 1 N–H and O–H groups in total. The first-order valence-electron chi connectivity index (χ1n) is 6.48. The van der Waals surface area contributed by atoms with Crippen LogP contribution in [0, 0.1) is 0 Å². The summed E-state index contributed by atoms with van der Waals surface area (Å²) in [7, 11) is 0. The Hall–Kier alpha value is -1.42. The SMILES string of the molecule is CCCNc1cc(-c2ccsc2)nc(CCC)n1. The predicted octanol–water partition coefficient (Wildman–Crippen LogP) is 3.98. The molecule has 0 amide bonds. The third kappa shape index (κ3) is 3.29. The molecule has 3 nitrogen and oxygen atoms in total. The van der Waals surface area contributed by atoms with Gasteiger partial charge in [-0.05, 0) is 24.3 Å². The summed E-state index contributed by atoms with van der Waals surface area (Å²) in [6.45, 7) is 5.26. The van der Waals surface area contributed by atoms with E-state index in [1.54, 1.807) is 11.3 Å². The molecule has 0 spiro atoms. The van der Waals surface area contributed by atoms with Crippen LogP contribution in [0.4, 0.5) is 5.82 Å². The minimum absolute atomic E-state index is 0.929. The molecule has 2 aromatic rings. The Morgan fingerprint density at radius 3 is 2.78 bits per heavy atom. The zero-order chi connectivity index (χ0) is 12.8. The molecular formula is C14H19N3S. The third-order valence-corrected chi connectivity index (χ3v) is 3.30. The van der Waals surface area contributed by atoms with Gasteiger partial charge in [-0.25, -0.2) is 9.97 Å². The lowest BCUT2D eigenvalue weighted by Gasteiger charge is -2.08. The molecule has 0 radical (unpaired) electrons. The summed E-state index contributed by atoms with van der Waals surface area (Å²) < 4.78 is 0. The quantitative estimate of drug-likeness (QED) is 0.854. The van der Waals surface area contributed by atoms with E-state index in [0.29, 0.717) is 0 Å². The van der Waals surface area contributed by atoms with Crippen LogP contribution in [0.5, 0.6) is 0 Å². The second-order valence-electron chi connectivity index (χ2n) is 4.24. The van der Waals surface area contributed by atoms with Gasteiger partial charge in [0.05, 0.1) is 5.69 Å². The second-order valence-corrected chi connectivity index (χ2v) is 5.02.